The molecule has 0 aromatic heterocycles. The van der Waals surface area contributed by atoms with Gasteiger partial charge in [0.2, 0.25) is 0 Å². The van der Waals surface area contributed by atoms with Crippen LogP contribution in [0.5, 0.6) is 0 Å². The molecule has 1 nitrogen and oxygen atoms in total. The Morgan fingerprint density at radius 2 is 2.50 bits per heavy atom. The first kappa shape index (κ1) is 0.432. The quantitative estimate of drug-likeness (QED) is 0.433. The van der Waals surface area contributed by atoms with E-state index < -0.39 is 19.7 Å². The molecule has 0 atom stereocenters. The van der Waals surface area contributed by atoms with Crippen LogP contribution in [0.2, 0.25) is 0 Å². The van der Waals surface area contributed by atoms with Crippen molar-refractivity contribution in [2.45, 2.75) is 19.7 Å². The zero-order valence-electron chi connectivity index (χ0n) is 8.15. The van der Waals surface area contributed by atoms with Crippen LogP contribution < -0.4 is 5.73 Å². The minimum Gasteiger partial charge on any atom is -0.328 e. The van der Waals surface area contributed by atoms with Gasteiger partial charge in [-0.05, 0) is 6.04 Å². The standard InChI is InChI=1S/C3H9N/c1-3(2)4/h3H,4H2,1-2H3/i1D3,2D3. The summed E-state index contributed by atoms with van der Waals surface area (Å²) >= 11 is 0. The highest BCUT2D eigenvalue weighted by Crippen LogP contribution is 1.58. The molecule has 0 aliphatic rings. The van der Waals surface area contributed by atoms with Crippen LogP contribution in [0.3, 0.4) is 0 Å². The normalized spacial score (nSPS) is 37.5. The smallest absolute Gasteiger partial charge is 0.0246 e. The molecular weight excluding hydrogens is 50.0 g/mol. The van der Waals surface area contributed by atoms with Gasteiger partial charge >= 0.3 is 0 Å². The van der Waals surface area contributed by atoms with Crippen molar-refractivity contribution >= 4 is 0 Å². The first-order valence-electron chi connectivity index (χ1n) is 3.91. The fourth-order valence-electron chi connectivity index (χ4n) is 0. The molecule has 0 aliphatic heterocycles. The molecule has 0 spiro atoms. The second-order valence-electron chi connectivity index (χ2n) is 0.478. The lowest BCUT2D eigenvalue weighted by molar-refractivity contribution is 0.834. The van der Waals surface area contributed by atoms with Gasteiger partial charge in [-0.3, -0.25) is 0 Å². The van der Waals surface area contributed by atoms with Crippen molar-refractivity contribution in [2.24, 2.45) is 5.73 Å². The summed E-state index contributed by atoms with van der Waals surface area (Å²) in [6.45, 7) is -5.18. The number of hydrogen-bond acceptors (Lipinski definition) is 1. The molecule has 1 heteroatoms. The molecule has 0 saturated heterocycles. The monoisotopic (exact) mass is 65.1 g/mol. The molecule has 0 amide bonds. The van der Waals surface area contributed by atoms with Gasteiger partial charge in [0.05, 0.1) is 0 Å². The molecular formula is C3H9N. The first-order chi connectivity index (χ1) is 4.15. The van der Waals surface area contributed by atoms with Crippen LogP contribution in [0, 0.1) is 0 Å². The molecule has 0 fully saturated rings. The molecule has 26 valence electrons. The maximum atomic E-state index is 6.64. The van der Waals surface area contributed by atoms with E-state index in [4.69, 9.17) is 14.0 Å². The van der Waals surface area contributed by atoms with E-state index in [0.717, 1.165) is 0 Å². The van der Waals surface area contributed by atoms with E-state index in [1.54, 1.807) is 0 Å². The van der Waals surface area contributed by atoms with Crippen molar-refractivity contribution in [1.82, 2.24) is 0 Å². The molecule has 0 aromatic carbocycles. The molecule has 0 unspecified atom stereocenters. The summed E-state index contributed by atoms with van der Waals surface area (Å²) in [5.41, 5.74) is 4.90. The third-order valence-electron chi connectivity index (χ3n) is 0. The zero-order valence-corrected chi connectivity index (χ0v) is 2.15. The summed E-state index contributed by atoms with van der Waals surface area (Å²) in [6, 6.07) is -1.74. The lowest BCUT2D eigenvalue weighted by Crippen LogP contribution is -2.06. The van der Waals surface area contributed by atoms with E-state index in [1.807, 2.05) is 0 Å². The summed E-state index contributed by atoms with van der Waals surface area (Å²) in [7, 11) is 0. The van der Waals surface area contributed by atoms with Gasteiger partial charge in [0.15, 0.2) is 0 Å². The summed E-state index contributed by atoms with van der Waals surface area (Å²) in [4.78, 5) is 0. The molecule has 0 radical (unpaired) electrons. The van der Waals surface area contributed by atoms with Crippen LogP contribution in [-0.2, 0) is 0 Å². The number of nitrogens with two attached hydrogens (primary N) is 1. The molecule has 0 saturated carbocycles. The Morgan fingerprint density at radius 3 is 2.50 bits per heavy atom. The minimum absolute atomic E-state index is 1.74. The average molecular weight is 65.1 g/mol. The van der Waals surface area contributed by atoms with E-state index in [1.165, 1.54) is 0 Å². The second kappa shape index (κ2) is 1.30. The van der Waals surface area contributed by atoms with Crippen molar-refractivity contribution < 1.29 is 8.22 Å². The van der Waals surface area contributed by atoms with Gasteiger partial charge in [0.25, 0.3) is 0 Å². The number of rotatable bonds is 0. The highest BCUT2D eigenvalue weighted by molar-refractivity contribution is 4.32. The van der Waals surface area contributed by atoms with E-state index in [0.29, 0.717) is 0 Å². The van der Waals surface area contributed by atoms with Crippen LogP contribution >= 0.6 is 0 Å². The summed E-state index contributed by atoms with van der Waals surface area (Å²) in [5.74, 6) is 0. The van der Waals surface area contributed by atoms with E-state index in [9.17, 15) is 0 Å². The molecule has 2 N–H and O–H groups in total. The summed E-state index contributed by atoms with van der Waals surface area (Å²) < 4.78 is 39.9. The Kier molecular flexibility index (Phi) is 0.140. The minimum atomic E-state index is -2.59. The Hall–Kier alpha value is -0.0400. The molecule has 0 heterocycles. The van der Waals surface area contributed by atoms with Crippen LogP contribution in [0.15, 0.2) is 0 Å². The fourth-order valence-corrected chi connectivity index (χ4v) is 0. The van der Waals surface area contributed by atoms with Crippen molar-refractivity contribution in [3.8, 4) is 0 Å². The molecule has 0 aromatic rings. The van der Waals surface area contributed by atoms with Gasteiger partial charge in [0.1, 0.15) is 0 Å². The van der Waals surface area contributed by atoms with E-state index in [2.05, 4.69) is 0 Å². The predicted octanol–water partition coefficient (Wildman–Crippen LogP) is 0.354. The van der Waals surface area contributed by atoms with E-state index in [-0.39, 0.29) is 0 Å². The average Bonchev–Trinajstić information content (AvgIpc) is 1.59. The molecule has 0 aliphatic carbocycles. The lowest BCUT2D eigenvalue weighted by atomic mass is 10.5. The van der Waals surface area contributed by atoms with Gasteiger partial charge in [-0.2, -0.15) is 0 Å². The van der Waals surface area contributed by atoms with Gasteiger partial charge in [-0.1, -0.05) is 13.7 Å². The highest BCUT2D eigenvalue weighted by Gasteiger charge is 1.67. The maximum absolute atomic E-state index is 6.64. The van der Waals surface area contributed by atoms with Crippen LogP contribution in [0.4, 0.5) is 0 Å². The third-order valence-corrected chi connectivity index (χ3v) is 0. The molecule has 4 heavy (non-hydrogen) atoms. The Morgan fingerprint density at radius 1 is 2.00 bits per heavy atom. The Bertz CT molecular complexity index is 97.1. The van der Waals surface area contributed by atoms with Crippen molar-refractivity contribution in [3.63, 3.8) is 0 Å². The van der Waals surface area contributed by atoms with E-state index >= 15 is 0 Å². The van der Waals surface area contributed by atoms with Crippen LogP contribution in [0.1, 0.15) is 21.9 Å². The van der Waals surface area contributed by atoms with Crippen LogP contribution in [0.25, 0.3) is 0 Å². The van der Waals surface area contributed by atoms with Gasteiger partial charge in [0, 0.05) is 8.22 Å². The summed E-state index contributed by atoms with van der Waals surface area (Å²) in [5, 5.41) is 0. The predicted molar refractivity (Wildman–Crippen MR) is 19.3 cm³/mol. The van der Waals surface area contributed by atoms with Gasteiger partial charge in [-0.15, -0.1) is 0 Å². The maximum Gasteiger partial charge on any atom is 0.0246 e. The Labute approximate surface area is 35.2 Å². The molecule has 0 rings (SSSR count). The molecule has 0 bridgehead atoms. The SMILES string of the molecule is [2H]C([2H])([2H])C(N)C([2H])([2H])[2H]. The first-order valence-corrected chi connectivity index (χ1v) is 0.911. The van der Waals surface area contributed by atoms with Crippen molar-refractivity contribution in [1.29, 1.82) is 0 Å². The number of hydrogen-bond donors (Lipinski definition) is 1. The second-order valence-corrected chi connectivity index (χ2v) is 0.478. The fraction of sp³-hybridized carbons (Fsp3) is 1.00. The zero-order chi connectivity index (χ0) is 8.58. The van der Waals surface area contributed by atoms with Gasteiger partial charge in [-0.25, -0.2) is 0 Å². The third kappa shape index (κ3) is 1130. The van der Waals surface area contributed by atoms with Crippen LogP contribution in [-0.4, -0.2) is 6.04 Å². The van der Waals surface area contributed by atoms with Crippen molar-refractivity contribution in [3.05, 3.63) is 0 Å². The summed E-state index contributed by atoms with van der Waals surface area (Å²) in [6.07, 6.45) is 0. The Balaban J connectivity index is 4.23. The van der Waals surface area contributed by atoms with Gasteiger partial charge < -0.3 is 5.73 Å². The largest absolute Gasteiger partial charge is 0.328 e. The lowest BCUT2D eigenvalue weighted by Gasteiger charge is -1.81. The topological polar surface area (TPSA) is 26.0 Å². The van der Waals surface area contributed by atoms with Crippen molar-refractivity contribution in [2.75, 3.05) is 0 Å². The highest BCUT2D eigenvalue weighted by atomic mass is 14.6.